The fraction of sp³-hybridized carbons (Fsp3) is 0.211. The number of rotatable bonds is 7. The Morgan fingerprint density at radius 3 is 2.46 bits per heavy atom. The predicted octanol–water partition coefficient (Wildman–Crippen LogP) is 3.00. The Bertz CT molecular complexity index is 725. The van der Waals surface area contributed by atoms with Gasteiger partial charge in [0.05, 0.1) is 0 Å². The number of nitrogens with one attached hydrogen (secondary N) is 1. The minimum absolute atomic E-state index is 0.0848. The average Bonchev–Trinajstić information content (AvgIpc) is 2.59. The van der Waals surface area contributed by atoms with Gasteiger partial charge in [-0.3, -0.25) is 14.4 Å². The number of benzene rings is 2. The van der Waals surface area contributed by atoms with Gasteiger partial charge in [-0.1, -0.05) is 42.5 Å². The van der Waals surface area contributed by atoms with Crippen LogP contribution < -0.4 is 5.32 Å². The van der Waals surface area contributed by atoms with Gasteiger partial charge in [0.15, 0.2) is 12.4 Å². The van der Waals surface area contributed by atoms with E-state index in [2.05, 4.69) is 5.32 Å². The lowest BCUT2D eigenvalue weighted by Crippen LogP contribution is -2.21. The van der Waals surface area contributed by atoms with Crippen LogP contribution in [0, 0.1) is 0 Å². The molecule has 0 heterocycles. The molecular formula is C19H19NO4. The van der Waals surface area contributed by atoms with Gasteiger partial charge in [-0.15, -0.1) is 0 Å². The standard InChI is InChI=1S/C19H19NO4/c1-14(21)16-8-5-9-17(12-16)20-18(22)13-24-19(23)11-10-15-6-3-2-4-7-15/h2-9,12H,10-11,13H2,1H3,(H,20,22). The normalized spacial score (nSPS) is 10.0. The highest BCUT2D eigenvalue weighted by Crippen LogP contribution is 2.11. The van der Waals surface area contributed by atoms with Gasteiger partial charge < -0.3 is 10.1 Å². The molecule has 0 aromatic heterocycles. The topological polar surface area (TPSA) is 72.5 Å². The SMILES string of the molecule is CC(=O)c1cccc(NC(=O)COC(=O)CCc2ccccc2)c1. The lowest BCUT2D eigenvalue weighted by atomic mass is 10.1. The molecule has 0 unspecified atom stereocenters. The third-order valence-electron chi connectivity index (χ3n) is 3.38. The van der Waals surface area contributed by atoms with Crippen molar-refractivity contribution in [2.45, 2.75) is 19.8 Å². The van der Waals surface area contributed by atoms with E-state index in [-0.39, 0.29) is 18.8 Å². The maximum atomic E-state index is 11.8. The van der Waals surface area contributed by atoms with E-state index in [0.29, 0.717) is 17.7 Å². The molecule has 0 spiro atoms. The van der Waals surface area contributed by atoms with E-state index >= 15 is 0 Å². The molecule has 2 aromatic rings. The van der Waals surface area contributed by atoms with Crippen molar-refractivity contribution in [2.75, 3.05) is 11.9 Å². The molecular weight excluding hydrogens is 306 g/mol. The van der Waals surface area contributed by atoms with Crippen molar-refractivity contribution in [1.82, 2.24) is 0 Å². The average molecular weight is 325 g/mol. The van der Waals surface area contributed by atoms with Crippen LogP contribution in [0.3, 0.4) is 0 Å². The van der Waals surface area contributed by atoms with Crippen LogP contribution in [0.4, 0.5) is 5.69 Å². The van der Waals surface area contributed by atoms with E-state index in [1.165, 1.54) is 6.92 Å². The minimum Gasteiger partial charge on any atom is -0.456 e. The summed E-state index contributed by atoms with van der Waals surface area (Å²) in [5, 5.41) is 2.60. The van der Waals surface area contributed by atoms with Crippen molar-refractivity contribution in [3.8, 4) is 0 Å². The molecule has 0 radical (unpaired) electrons. The van der Waals surface area contributed by atoms with Crippen LogP contribution in [-0.4, -0.2) is 24.3 Å². The number of anilines is 1. The molecule has 0 saturated heterocycles. The van der Waals surface area contributed by atoms with Crippen LogP contribution in [0.2, 0.25) is 0 Å². The smallest absolute Gasteiger partial charge is 0.306 e. The highest BCUT2D eigenvalue weighted by atomic mass is 16.5. The Hall–Kier alpha value is -2.95. The van der Waals surface area contributed by atoms with Crippen LogP contribution in [0.25, 0.3) is 0 Å². The summed E-state index contributed by atoms with van der Waals surface area (Å²) >= 11 is 0. The maximum absolute atomic E-state index is 11.8. The summed E-state index contributed by atoms with van der Waals surface area (Å²) in [6.45, 7) is 1.10. The Balaban J connectivity index is 1.75. The molecule has 24 heavy (non-hydrogen) atoms. The summed E-state index contributed by atoms with van der Waals surface area (Å²) in [7, 11) is 0. The van der Waals surface area contributed by atoms with Gasteiger partial charge in [0, 0.05) is 17.7 Å². The van der Waals surface area contributed by atoms with Gasteiger partial charge in [0.2, 0.25) is 0 Å². The van der Waals surface area contributed by atoms with Crippen LogP contribution in [0.15, 0.2) is 54.6 Å². The monoisotopic (exact) mass is 325 g/mol. The number of carbonyl (C=O) groups is 3. The van der Waals surface area contributed by atoms with E-state index in [0.717, 1.165) is 5.56 Å². The molecule has 0 aliphatic heterocycles. The van der Waals surface area contributed by atoms with Gasteiger partial charge in [0.1, 0.15) is 0 Å². The molecule has 1 amide bonds. The highest BCUT2D eigenvalue weighted by molar-refractivity contribution is 5.97. The van der Waals surface area contributed by atoms with Gasteiger partial charge in [-0.05, 0) is 31.0 Å². The second kappa shape index (κ2) is 8.62. The highest BCUT2D eigenvalue weighted by Gasteiger charge is 2.09. The molecule has 2 aromatic carbocycles. The number of hydrogen-bond acceptors (Lipinski definition) is 4. The summed E-state index contributed by atoms with van der Waals surface area (Å²) in [4.78, 5) is 34.8. The van der Waals surface area contributed by atoms with E-state index in [9.17, 15) is 14.4 Å². The molecule has 0 atom stereocenters. The number of Topliss-reactive ketones (excluding diaryl/α,β-unsaturated/α-hetero) is 1. The zero-order valence-electron chi connectivity index (χ0n) is 13.5. The Labute approximate surface area is 140 Å². The van der Waals surface area contributed by atoms with Crippen molar-refractivity contribution in [3.05, 3.63) is 65.7 Å². The summed E-state index contributed by atoms with van der Waals surface area (Å²) in [5.41, 5.74) is 2.04. The summed E-state index contributed by atoms with van der Waals surface area (Å²) in [6.07, 6.45) is 0.791. The first-order valence-corrected chi connectivity index (χ1v) is 7.65. The van der Waals surface area contributed by atoms with E-state index in [1.54, 1.807) is 24.3 Å². The largest absolute Gasteiger partial charge is 0.456 e. The molecule has 0 aliphatic rings. The van der Waals surface area contributed by atoms with E-state index < -0.39 is 11.9 Å². The number of esters is 1. The lowest BCUT2D eigenvalue weighted by molar-refractivity contribution is -0.147. The van der Waals surface area contributed by atoms with Crippen molar-refractivity contribution >= 4 is 23.3 Å². The Morgan fingerprint density at radius 1 is 1.00 bits per heavy atom. The third kappa shape index (κ3) is 5.68. The molecule has 2 rings (SSSR count). The van der Waals surface area contributed by atoms with Gasteiger partial charge in [0.25, 0.3) is 5.91 Å². The second-order valence-corrected chi connectivity index (χ2v) is 5.33. The van der Waals surface area contributed by atoms with Crippen LogP contribution in [0.1, 0.15) is 29.3 Å². The third-order valence-corrected chi connectivity index (χ3v) is 3.38. The first-order chi connectivity index (χ1) is 11.5. The molecule has 0 bridgehead atoms. The maximum Gasteiger partial charge on any atom is 0.306 e. The van der Waals surface area contributed by atoms with E-state index in [4.69, 9.17) is 4.74 Å². The van der Waals surface area contributed by atoms with Crippen LogP contribution in [-0.2, 0) is 20.7 Å². The zero-order valence-corrected chi connectivity index (χ0v) is 13.5. The quantitative estimate of drug-likeness (QED) is 0.627. The molecule has 5 heteroatoms. The summed E-state index contributed by atoms with van der Waals surface area (Å²) < 4.78 is 4.96. The summed E-state index contributed by atoms with van der Waals surface area (Å²) in [5.74, 6) is -0.950. The molecule has 0 fully saturated rings. The van der Waals surface area contributed by atoms with Crippen LogP contribution >= 0.6 is 0 Å². The van der Waals surface area contributed by atoms with Crippen molar-refractivity contribution in [1.29, 1.82) is 0 Å². The first kappa shape index (κ1) is 17.4. The van der Waals surface area contributed by atoms with Gasteiger partial charge in [-0.25, -0.2) is 0 Å². The number of amides is 1. The fourth-order valence-electron chi connectivity index (χ4n) is 2.12. The number of hydrogen-bond donors (Lipinski definition) is 1. The molecule has 0 aliphatic carbocycles. The fourth-order valence-corrected chi connectivity index (χ4v) is 2.12. The van der Waals surface area contributed by atoms with Gasteiger partial charge >= 0.3 is 5.97 Å². The number of aryl methyl sites for hydroxylation is 1. The minimum atomic E-state index is -0.441. The molecule has 124 valence electrons. The van der Waals surface area contributed by atoms with E-state index in [1.807, 2.05) is 30.3 Å². The molecule has 5 nitrogen and oxygen atoms in total. The second-order valence-electron chi connectivity index (χ2n) is 5.33. The first-order valence-electron chi connectivity index (χ1n) is 7.65. The zero-order chi connectivity index (χ0) is 17.4. The number of carbonyl (C=O) groups excluding carboxylic acids is 3. The number of ether oxygens (including phenoxy) is 1. The van der Waals surface area contributed by atoms with Crippen molar-refractivity contribution in [3.63, 3.8) is 0 Å². The Morgan fingerprint density at radius 2 is 1.75 bits per heavy atom. The van der Waals surface area contributed by atoms with Crippen molar-refractivity contribution in [2.24, 2.45) is 0 Å². The van der Waals surface area contributed by atoms with Crippen molar-refractivity contribution < 1.29 is 19.1 Å². The number of ketones is 1. The Kier molecular flexibility index (Phi) is 6.25. The lowest BCUT2D eigenvalue weighted by Gasteiger charge is -2.07. The van der Waals surface area contributed by atoms with Crippen LogP contribution in [0.5, 0.6) is 0 Å². The predicted molar refractivity (Wildman–Crippen MR) is 90.8 cm³/mol. The summed E-state index contributed by atoms with van der Waals surface area (Å²) in [6, 6.07) is 16.2. The van der Waals surface area contributed by atoms with Gasteiger partial charge in [-0.2, -0.15) is 0 Å². The molecule has 0 saturated carbocycles. The molecule has 1 N–H and O–H groups in total.